The number of carbonyl (C=O) groups is 1. The Morgan fingerprint density at radius 2 is 2.14 bits per heavy atom. The molecule has 0 aliphatic carbocycles. The molecule has 2 aromatic rings. The number of ether oxygens (including phenoxy) is 1. The maximum Gasteiger partial charge on any atom is 0.310 e. The fraction of sp³-hybridized carbons (Fsp3) is 0.471. The topological polar surface area (TPSA) is 51.5 Å². The third kappa shape index (κ3) is 3.45. The summed E-state index contributed by atoms with van der Waals surface area (Å²) in [7, 11) is 1.41. The van der Waals surface area contributed by atoms with Gasteiger partial charge in [-0.3, -0.25) is 4.79 Å². The summed E-state index contributed by atoms with van der Waals surface area (Å²) in [5.74, 6) is 0.215. The first kappa shape index (κ1) is 15.6. The monoisotopic (exact) mass is 289 g/mol. The van der Waals surface area contributed by atoms with E-state index in [-0.39, 0.29) is 19.0 Å². The highest BCUT2D eigenvalue weighted by Gasteiger charge is 2.13. The summed E-state index contributed by atoms with van der Waals surface area (Å²) in [6, 6.07) is 6.39. The van der Waals surface area contributed by atoms with Gasteiger partial charge in [0, 0.05) is 30.3 Å². The standard InChI is InChI=1S/C17H23NO3/c1-12(2)13-5-6-16-15(9-13)14(10-17(20)21-3)11-18(16)7-4-8-19/h5-6,9,11-12,19H,4,7-8,10H2,1-3H3. The maximum absolute atomic E-state index is 11.6. The van der Waals surface area contributed by atoms with Crippen molar-refractivity contribution in [3.05, 3.63) is 35.5 Å². The number of carbonyl (C=O) groups excluding carboxylic acids is 1. The molecule has 1 heterocycles. The molecule has 21 heavy (non-hydrogen) atoms. The lowest BCUT2D eigenvalue weighted by Gasteiger charge is -2.07. The summed E-state index contributed by atoms with van der Waals surface area (Å²) >= 11 is 0. The van der Waals surface area contributed by atoms with E-state index in [1.807, 2.05) is 6.20 Å². The third-order valence-electron chi connectivity index (χ3n) is 3.77. The van der Waals surface area contributed by atoms with Gasteiger partial charge in [0.15, 0.2) is 0 Å². The van der Waals surface area contributed by atoms with Crippen LogP contribution in [0.1, 0.15) is 37.3 Å². The number of methoxy groups -OCH3 is 1. The number of hydrogen-bond donors (Lipinski definition) is 1. The Hall–Kier alpha value is -1.81. The van der Waals surface area contributed by atoms with Gasteiger partial charge in [-0.2, -0.15) is 0 Å². The zero-order valence-electron chi connectivity index (χ0n) is 12.9. The van der Waals surface area contributed by atoms with E-state index in [1.165, 1.54) is 12.7 Å². The SMILES string of the molecule is COC(=O)Cc1cn(CCCO)c2ccc(C(C)C)cc12. The lowest BCUT2D eigenvalue weighted by molar-refractivity contribution is -0.139. The quantitative estimate of drug-likeness (QED) is 0.832. The number of aromatic nitrogens is 1. The molecule has 0 aliphatic rings. The molecule has 1 aromatic heterocycles. The minimum Gasteiger partial charge on any atom is -0.469 e. The Morgan fingerprint density at radius 3 is 2.76 bits per heavy atom. The van der Waals surface area contributed by atoms with Gasteiger partial charge in [0.05, 0.1) is 13.5 Å². The molecule has 114 valence electrons. The Morgan fingerprint density at radius 1 is 1.38 bits per heavy atom. The molecule has 0 saturated heterocycles. The van der Waals surface area contributed by atoms with Crippen LogP contribution >= 0.6 is 0 Å². The van der Waals surface area contributed by atoms with E-state index < -0.39 is 0 Å². The zero-order valence-corrected chi connectivity index (χ0v) is 12.9. The van der Waals surface area contributed by atoms with Crippen LogP contribution in [0.3, 0.4) is 0 Å². The number of benzene rings is 1. The van der Waals surface area contributed by atoms with Crippen LogP contribution in [0.15, 0.2) is 24.4 Å². The molecule has 1 aromatic carbocycles. The zero-order chi connectivity index (χ0) is 15.4. The molecule has 4 nitrogen and oxygen atoms in total. The smallest absolute Gasteiger partial charge is 0.310 e. The van der Waals surface area contributed by atoms with Gasteiger partial charge in [-0.25, -0.2) is 0 Å². The summed E-state index contributed by atoms with van der Waals surface area (Å²) in [6.07, 6.45) is 2.98. The van der Waals surface area contributed by atoms with Gasteiger partial charge in [0.25, 0.3) is 0 Å². The molecule has 0 spiro atoms. The number of aryl methyl sites for hydroxylation is 1. The average Bonchev–Trinajstić information content (AvgIpc) is 2.82. The lowest BCUT2D eigenvalue weighted by atomic mass is 10.00. The second-order valence-corrected chi connectivity index (χ2v) is 5.61. The van der Waals surface area contributed by atoms with Crippen LogP contribution < -0.4 is 0 Å². The third-order valence-corrected chi connectivity index (χ3v) is 3.77. The molecular formula is C17H23NO3. The summed E-state index contributed by atoms with van der Waals surface area (Å²) in [5.41, 5.74) is 3.34. The van der Waals surface area contributed by atoms with Crippen LogP contribution in [0.25, 0.3) is 10.9 Å². The fourth-order valence-electron chi connectivity index (χ4n) is 2.54. The normalized spacial score (nSPS) is 11.3. The molecule has 0 fully saturated rings. The van der Waals surface area contributed by atoms with Crippen molar-refractivity contribution in [2.75, 3.05) is 13.7 Å². The molecule has 0 amide bonds. The molecule has 4 heteroatoms. The van der Waals surface area contributed by atoms with Gasteiger partial charge in [-0.05, 0) is 35.6 Å². The number of aliphatic hydroxyl groups is 1. The van der Waals surface area contributed by atoms with Gasteiger partial charge in [-0.15, -0.1) is 0 Å². The number of esters is 1. The van der Waals surface area contributed by atoms with Gasteiger partial charge in [0.2, 0.25) is 0 Å². The number of aliphatic hydroxyl groups excluding tert-OH is 1. The van der Waals surface area contributed by atoms with Gasteiger partial charge < -0.3 is 14.4 Å². The molecule has 0 aliphatic heterocycles. The van der Waals surface area contributed by atoms with Crippen molar-refractivity contribution in [2.24, 2.45) is 0 Å². The molecule has 0 unspecified atom stereocenters. The summed E-state index contributed by atoms with van der Waals surface area (Å²) < 4.78 is 6.89. The van der Waals surface area contributed by atoms with Crippen molar-refractivity contribution >= 4 is 16.9 Å². The molecular weight excluding hydrogens is 266 g/mol. The molecule has 0 saturated carbocycles. The number of hydrogen-bond acceptors (Lipinski definition) is 3. The second kappa shape index (κ2) is 6.76. The second-order valence-electron chi connectivity index (χ2n) is 5.61. The predicted molar refractivity (Wildman–Crippen MR) is 83.4 cm³/mol. The van der Waals surface area contributed by atoms with Crippen LogP contribution in [0.2, 0.25) is 0 Å². The van der Waals surface area contributed by atoms with Crippen LogP contribution in [0.4, 0.5) is 0 Å². The van der Waals surface area contributed by atoms with E-state index >= 15 is 0 Å². The minimum absolute atomic E-state index is 0.163. The first-order chi connectivity index (χ1) is 10.1. The Labute approximate surface area is 125 Å². The highest BCUT2D eigenvalue weighted by molar-refractivity contribution is 5.88. The summed E-state index contributed by atoms with van der Waals surface area (Å²) in [5, 5.41) is 10.1. The van der Waals surface area contributed by atoms with Crippen molar-refractivity contribution < 1.29 is 14.6 Å². The van der Waals surface area contributed by atoms with Crippen molar-refractivity contribution in [3.8, 4) is 0 Å². The first-order valence-electron chi connectivity index (χ1n) is 7.36. The van der Waals surface area contributed by atoms with Crippen molar-refractivity contribution in [2.45, 2.75) is 39.2 Å². The Kier molecular flexibility index (Phi) is 5.02. The molecule has 0 bridgehead atoms. The largest absolute Gasteiger partial charge is 0.469 e. The maximum atomic E-state index is 11.6. The first-order valence-corrected chi connectivity index (χ1v) is 7.36. The summed E-state index contributed by atoms with van der Waals surface area (Å²) in [6.45, 7) is 5.22. The molecule has 1 N–H and O–H groups in total. The van der Waals surface area contributed by atoms with Crippen molar-refractivity contribution in [3.63, 3.8) is 0 Å². The van der Waals surface area contributed by atoms with Crippen LogP contribution in [-0.2, 0) is 22.5 Å². The lowest BCUT2D eigenvalue weighted by Crippen LogP contribution is -2.04. The average molecular weight is 289 g/mol. The van der Waals surface area contributed by atoms with Crippen LogP contribution in [0.5, 0.6) is 0 Å². The number of nitrogens with zero attached hydrogens (tertiary/aromatic N) is 1. The van der Waals surface area contributed by atoms with E-state index in [9.17, 15) is 4.79 Å². The van der Waals surface area contributed by atoms with Crippen molar-refractivity contribution in [1.29, 1.82) is 0 Å². The van der Waals surface area contributed by atoms with E-state index in [1.54, 1.807) is 0 Å². The molecule has 0 atom stereocenters. The predicted octanol–water partition coefficient (Wildman–Crippen LogP) is 2.86. The van der Waals surface area contributed by atoms with E-state index in [0.29, 0.717) is 12.3 Å². The molecule has 0 radical (unpaired) electrons. The number of fused-ring (bicyclic) bond motifs is 1. The van der Waals surface area contributed by atoms with Crippen molar-refractivity contribution in [1.82, 2.24) is 4.57 Å². The van der Waals surface area contributed by atoms with E-state index in [2.05, 4.69) is 36.6 Å². The van der Waals surface area contributed by atoms with Crippen LogP contribution in [-0.4, -0.2) is 29.4 Å². The highest BCUT2D eigenvalue weighted by atomic mass is 16.5. The van der Waals surface area contributed by atoms with Gasteiger partial charge >= 0.3 is 5.97 Å². The Balaban J connectivity index is 2.48. The van der Waals surface area contributed by atoms with Gasteiger partial charge in [-0.1, -0.05) is 19.9 Å². The van der Waals surface area contributed by atoms with E-state index in [4.69, 9.17) is 9.84 Å². The summed E-state index contributed by atoms with van der Waals surface area (Å²) in [4.78, 5) is 11.6. The minimum atomic E-state index is -0.230. The van der Waals surface area contributed by atoms with Gasteiger partial charge in [0.1, 0.15) is 0 Å². The van der Waals surface area contributed by atoms with Crippen LogP contribution in [0, 0.1) is 0 Å². The fourth-order valence-corrected chi connectivity index (χ4v) is 2.54. The molecule has 2 rings (SSSR count). The number of rotatable bonds is 6. The van der Waals surface area contributed by atoms with E-state index in [0.717, 1.165) is 23.0 Å². The highest BCUT2D eigenvalue weighted by Crippen LogP contribution is 2.27. The Bertz CT molecular complexity index is 628.